The van der Waals surface area contributed by atoms with Gasteiger partial charge in [-0.3, -0.25) is 0 Å². The van der Waals surface area contributed by atoms with Crippen molar-refractivity contribution in [2.75, 3.05) is 6.54 Å². The number of halogens is 1. The maximum atomic E-state index is 5.88. The van der Waals surface area contributed by atoms with E-state index >= 15 is 0 Å². The summed E-state index contributed by atoms with van der Waals surface area (Å²) in [5, 5.41) is 4.45. The molecule has 0 aliphatic heterocycles. The number of nitrogens with one attached hydrogen (secondary N) is 1. The van der Waals surface area contributed by atoms with E-state index in [1.165, 1.54) is 31.2 Å². The van der Waals surface area contributed by atoms with Crippen molar-refractivity contribution in [2.24, 2.45) is 0 Å². The van der Waals surface area contributed by atoms with Crippen molar-refractivity contribution in [2.45, 2.75) is 52.0 Å². The van der Waals surface area contributed by atoms with Crippen LogP contribution in [-0.4, -0.2) is 12.6 Å². The number of rotatable bonds is 8. The third-order valence-electron chi connectivity index (χ3n) is 3.01. The molecule has 0 amide bonds. The third kappa shape index (κ3) is 6.09. The van der Waals surface area contributed by atoms with E-state index in [2.05, 4.69) is 31.3 Å². The molecule has 0 bridgehead atoms. The van der Waals surface area contributed by atoms with Gasteiger partial charge in [0.15, 0.2) is 0 Å². The highest BCUT2D eigenvalue weighted by atomic mass is 35.5. The van der Waals surface area contributed by atoms with E-state index in [0.29, 0.717) is 6.04 Å². The average Bonchev–Trinajstić information content (AvgIpc) is 2.35. The molecule has 0 heterocycles. The Morgan fingerprint density at radius 2 is 1.76 bits per heavy atom. The predicted molar refractivity (Wildman–Crippen MR) is 76.8 cm³/mol. The van der Waals surface area contributed by atoms with Gasteiger partial charge >= 0.3 is 0 Å². The molecule has 0 radical (unpaired) electrons. The van der Waals surface area contributed by atoms with Crippen LogP contribution in [0, 0.1) is 0 Å². The van der Waals surface area contributed by atoms with Crippen LogP contribution >= 0.6 is 11.6 Å². The van der Waals surface area contributed by atoms with Crippen LogP contribution in [0.2, 0.25) is 5.02 Å². The first-order valence-electron chi connectivity index (χ1n) is 6.74. The molecule has 1 N–H and O–H groups in total. The monoisotopic (exact) mass is 253 g/mol. The summed E-state index contributed by atoms with van der Waals surface area (Å²) in [5.41, 5.74) is 1.38. The molecule has 1 rings (SSSR count). The normalized spacial score (nSPS) is 12.6. The van der Waals surface area contributed by atoms with E-state index in [9.17, 15) is 0 Å². The Kier molecular flexibility index (Phi) is 7.30. The Morgan fingerprint density at radius 3 is 2.35 bits per heavy atom. The molecule has 1 nitrogen and oxygen atoms in total. The van der Waals surface area contributed by atoms with Gasteiger partial charge in [-0.15, -0.1) is 0 Å². The highest BCUT2D eigenvalue weighted by Gasteiger charge is 2.06. The zero-order valence-electron chi connectivity index (χ0n) is 11.0. The summed E-state index contributed by atoms with van der Waals surface area (Å²) in [6, 6.07) is 8.88. The molecule has 96 valence electrons. The van der Waals surface area contributed by atoms with Crippen LogP contribution in [0.4, 0.5) is 0 Å². The van der Waals surface area contributed by atoms with Crippen molar-refractivity contribution in [3.63, 3.8) is 0 Å². The van der Waals surface area contributed by atoms with Gasteiger partial charge in [-0.25, -0.2) is 0 Å². The number of hydrogen-bond acceptors (Lipinski definition) is 1. The molecule has 1 atom stereocenters. The first-order valence-corrected chi connectivity index (χ1v) is 7.11. The van der Waals surface area contributed by atoms with Crippen LogP contribution in [0.15, 0.2) is 24.3 Å². The van der Waals surface area contributed by atoms with Gasteiger partial charge in [0.05, 0.1) is 0 Å². The quantitative estimate of drug-likeness (QED) is 0.722. The lowest BCUT2D eigenvalue weighted by atomic mass is 10.0. The summed E-state index contributed by atoms with van der Waals surface area (Å²) in [7, 11) is 0. The Labute approximate surface area is 111 Å². The molecule has 1 aromatic rings. The summed E-state index contributed by atoms with van der Waals surface area (Å²) < 4.78 is 0. The topological polar surface area (TPSA) is 12.0 Å². The van der Waals surface area contributed by atoms with Gasteiger partial charge in [-0.05, 0) is 49.9 Å². The van der Waals surface area contributed by atoms with E-state index in [4.69, 9.17) is 11.6 Å². The minimum atomic E-state index is 0.663. The molecule has 0 saturated heterocycles. The molecule has 1 unspecified atom stereocenters. The van der Waals surface area contributed by atoms with Crippen molar-refractivity contribution in [3.8, 4) is 0 Å². The molecule has 17 heavy (non-hydrogen) atoms. The van der Waals surface area contributed by atoms with Gasteiger partial charge in [-0.1, -0.05) is 44.0 Å². The molecule has 1 aromatic carbocycles. The Balaban J connectivity index is 2.37. The van der Waals surface area contributed by atoms with Gasteiger partial charge in [0, 0.05) is 11.1 Å². The lowest BCUT2D eigenvalue weighted by molar-refractivity contribution is 0.449. The van der Waals surface area contributed by atoms with Gasteiger partial charge in [0.2, 0.25) is 0 Å². The standard InChI is InChI=1S/C15H24ClN/c1-3-5-15(17-12-4-2)11-8-13-6-9-14(16)10-7-13/h6-7,9-10,15,17H,3-5,8,11-12H2,1-2H3. The fourth-order valence-corrected chi connectivity index (χ4v) is 2.16. The lowest BCUT2D eigenvalue weighted by Crippen LogP contribution is -2.30. The molecule has 2 heteroatoms. The Morgan fingerprint density at radius 1 is 1.06 bits per heavy atom. The maximum absolute atomic E-state index is 5.88. The zero-order valence-corrected chi connectivity index (χ0v) is 11.8. The van der Waals surface area contributed by atoms with E-state index in [-0.39, 0.29) is 0 Å². The first kappa shape index (κ1) is 14.5. The minimum absolute atomic E-state index is 0.663. The predicted octanol–water partition coefficient (Wildman–Crippen LogP) is 4.44. The molecule has 0 aliphatic rings. The van der Waals surface area contributed by atoms with E-state index < -0.39 is 0 Å². The molecule has 0 saturated carbocycles. The zero-order chi connectivity index (χ0) is 12.5. The maximum Gasteiger partial charge on any atom is 0.0406 e. The van der Waals surface area contributed by atoms with Gasteiger partial charge in [0.25, 0.3) is 0 Å². The molecular formula is C15H24ClN. The molecule has 0 fully saturated rings. The van der Waals surface area contributed by atoms with E-state index in [0.717, 1.165) is 18.0 Å². The highest BCUT2D eigenvalue weighted by Crippen LogP contribution is 2.13. The van der Waals surface area contributed by atoms with Crippen LogP contribution in [0.25, 0.3) is 0 Å². The van der Waals surface area contributed by atoms with Crippen molar-refractivity contribution in [1.82, 2.24) is 5.32 Å². The summed E-state index contributed by atoms with van der Waals surface area (Å²) in [6.07, 6.45) is 6.09. The lowest BCUT2D eigenvalue weighted by Gasteiger charge is -2.17. The highest BCUT2D eigenvalue weighted by molar-refractivity contribution is 6.30. The van der Waals surface area contributed by atoms with Gasteiger partial charge in [0.1, 0.15) is 0 Å². The summed E-state index contributed by atoms with van der Waals surface area (Å²) in [5.74, 6) is 0. The van der Waals surface area contributed by atoms with Crippen molar-refractivity contribution < 1.29 is 0 Å². The Hall–Kier alpha value is -0.530. The second-order valence-electron chi connectivity index (χ2n) is 4.60. The van der Waals surface area contributed by atoms with Crippen molar-refractivity contribution in [3.05, 3.63) is 34.9 Å². The smallest absolute Gasteiger partial charge is 0.0406 e. The fourth-order valence-electron chi connectivity index (χ4n) is 2.04. The minimum Gasteiger partial charge on any atom is -0.314 e. The number of benzene rings is 1. The van der Waals surface area contributed by atoms with Crippen LogP contribution in [0.3, 0.4) is 0 Å². The van der Waals surface area contributed by atoms with Crippen molar-refractivity contribution >= 4 is 11.6 Å². The second kappa shape index (κ2) is 8.54. The number of hydrogen-bond donors (Lipinski definition) is 1. The number of aryl methyl sites for hydroxylation is 1. The molecule has 0 aliphatic carbocycles. The first-order chi connectivity index (χ1) is 8.26. The van der Waals surface area contributed by atoms with Crippen LogP contribution in [0.5, 0.6) is 0 Å². The van der Waals surface area contributed by atoms with E-state index in [1.54, 1.807) is 0 Å². The van der Waals surface area contributed by atoms with Crippen molar-refractivity contribution in [1.29, 1.82) is 0 Å². The third-order valence-corrected chi connectivity index (χ3v) is 3.27. The summed E-state index contributed by atoms with van der Waals surface area (Å²) in [6.45, 7) is 5.60. The molecule has 0 aromatic heterocycles. The van der Waals surface area contributed by atoms with Gasteiger partial charge < -0.3 is 5.32 Å². The summed E-state index contributed by atoms with van der Waals surface area (Å²) >= 11 is 5.88. The van der Waals surface area contributed by atoms with Crippen LogP contribution < -0.4 is 5.32 Å². The molecule has 0 spiro atoms. The molecular weight excluding hydrogens is 230 g/mol. The summed E-state index contributed by atoms with van der Waals surface area (Å²) in [4.78, 5) is 0. The van der Waals surface area contributed by atoms with Crippen LogP contribution in [-0.2, 0) is 6.42 Å². The largest absolute Gasteiger partial charge is 0.314 e. The Bertz CT molecular complexity index is 294. The second-order valence-corrected chi connectivity index (χ2v) is 5.04. The van der Waals surface area contributed by atoms with Crippen LogP contribution in [0.1, 0.15) is 45.1 Å². The average molecular weight is 254 g/mol. The fraction of sp³-hybridized carbons (Fsp3) is 0.600. The van der Waals surface area contributed by atoms with E-state index in [1.807, 2.05) is 12.1 Å². The van der Waals surface area contributed by atoms with Gasteiger partial charge in [-0.2, -0.15) is 0 Å². The SMILES string of the molecule is CCCNC(CCC)CCc1ccc(Cl)cc1.